The second-order valence-corrected chi connectivity index (χ2v) is 4.83. The van der Waals surface area contributed by atoms with Crippen LogP contribution in [0.25, 0.3) is 0 Å². The molecular weight excluding hydrogens is 188 g/mol. The van der Waals surface area contributed by atoms with Gasteiger partial charge >= 0.3 is 0 Å². The minimum atomic E-state index is 0.615. The van der Waals surface area contributed by atoms with Gasteiger partial charge in [-0.15, -0.1) is 0 Å². The molecule has 0 aliphatic heterocycles. The fourth-order valence-corrected chi connectivity index (χ4v) is 2.29. The summed E-state index contributed by atoms with van der Waals surface area (Å²) in [6, 6.07) is 8.54. The maximum Gasteiger partial charge on any atom is 0.0148 e. The average Bonchev–Trinajstić information content (AvgIpc) is 2.16. The zero-order valence-corrected chi connectivity index (χ0v) is 10.2. The predicted octanol–water partition coefficient (Wildman–Crippen LogP) is 4.65. The Kier molecular flexibility index (Phi) is 4.27. The van der Waals surface area contributed by atoms with Crippen molar-refractivity contribution in [3.8, 4) is 0 Å². The molecule has 76 valence electrons. The minimum Gasteiger partial charge on any atom is -0.0943 e. The van der Waals surface area contributed by atoms with Gasteiger partial charge in [-0.2, -0.15) is 0 Å². The molecule has 0 aromatic heterocycles. The quantitative estimate of drug-likeness (QED) is 0.649. The molecule has 1 rings (SSSR count). The van der Waals surface area contributed by atoms with Gasteiger partial charge in [0.1, 0.15) is 0 Å². The SMILES string of the molecule is CC=C(Sc1ccccc1C)C(C)C. The summed E-state index contributed by atoms with van der Waals surface area (Å²) in [7, 11) is 0. The summed E-state index contributed by atoms with van der Waals surface area (Å²) in [4.78, 5) is 2.81. The van der Waals surface area contributed by atoms with E-state index in [0.717, 1.165) is 0 Å². The van der Waals surface area contributed by atoms with Crippen LogP contribution in [0.1, 0.15) is 26.3 Å². The van der Waals surface area contributed by atoms with Crippen LogP contribution in [0.5, 0.6) is 0 Å². The van der Waals surface area contributed by atoms with Gasteiger partial charge in [0.15, 0.2) is 0 Å². The zero-order chi connectivity index (χ0) is 10.6. The summed E-state index contributed by atoms with van der Waals surface area (Å²) in [6.07, 6.45) is 2.21. The summed E-state index contributed by atoms with van der Waals surface area (Å²) >= 11 is 1.88. The van der Waals surface area contributed by atoms with Crippen molar-refractivity contribution in [3.63, 3.8) is 0 Å². The molecule has 1 aromatic rings. The lowest BCUT2D eigenvalue weighted by Crippen LogP contribution is -1.89. The van der Waals surface area contributed by atoms with Crippen molar-refractivity contribution in [2.75, 3.05) is 0 Å². The lowest BCUT2D eigenvalue weighted by atomic mass is 10.2. The van der Waals surface area contributed by atoms with Gasteiger partial charge in [0, 0.05) is 4.90 Å². The highest BCUT2D eigenvalue weighted by Gasteiger charge is 2.05. The van der Waals surface area contributed by atoms with E-state index >= 15 is 0 Å². The normalized spacial score (nSPS) is 12.2. The van der Waals surface area contributed by atoms with Gasteiger partial charge in [0.25, 0.3) is 0 Å². The van der Waals surface area contributed by atoms with Gasteiger partial charge < -0.3 is 0 Å². The number of rotatable bonds is 3. The molecule has 0 radical (unpaired) electrons. The highest BCUT2D eigenvalue weighted by Crippen LogP contribution is 2.33. The van der Waals surface area contributed by atoms with Gasteiger partial charge in [0.05, 0.1) is 0 Å². The molecule has 1 heteroatoms. The highest BCUT2D eigenvalue weighted by molar-refractivity contribution is 8.03. The van der Waals surface area contributed by atoms with Crippen LogP contribution < -0.4 is 0 Å². The first-order valence-electron chi connectivity index (χ1n) is 5.04. The summed E-state index contributed by atoms with van der Waals surface area (Å²) in [5.41, 5.74) is 1.36. The summed E-state index contributed by atoms with van der Waals surface area (Å²) in [5, 5.41) is 0. The van der Waals surface area contributed by atoms with E-state index in [1.165, 1.54) is 15.4 Å². The van der Waals surface area contributed by atoms with E-state index in [2.05, 4.69) is 58.0 Å². The van der Waals surface area contributed by atoms with Crippen LogP contribution in [-0.4, -0.2) is 0 Å². The topological polar surface area (TPSA) is 0 Å². The van der Waals surface area contributed by atoms with Crippen molar-refractivity contribution in [1.29, 1.82) is 0 Å². The van der Waals surface area contributed by atoms with Gasteiger partial charge in [-0.25, -0.2) is 0 Å². The largest absolute Gasteiger partial charge is 0.0943 e. The third-order valence-corrected chi connectivity index (χ3v) is 3.80. The van der Waals surface area contributed by atoms with Gasteiger partial charge in [0.2, 0.25) is 0 Å². The maximum atomic E-state index is 2.24. The maximum absolute atomic E-state index is 2.24. The number of hydrogen-bond acceptors (Lipinski definition) is 1. The number of aryl methyl sites for hydroxylation is 1. The van der Waals surface area contributed by atoms with E-state index in [0.29, 0.717) is 5.92 Å². The molecule has 0 saturated carbocycles. The van der Waals surface area contributed by atoms with E-state index in [4.69, 9.17) is 0 Å². The molecule has 0 spiro atoms. The summed E-state index contributed by atoms with van der Waals surface area (Å²) < 4.78 is 0. The lowest BCUT2D eigenvalue weighted by Gasteiger charge is -2.11. The van der Waals surface area contributed by atoms with Crippen molar-refractivity contribution in [2.24, 2.45) is 5.92 Å². The second kappa shape index (κ2) is 5.26. The molecule has 0 unspecified atom stereocenters. The third-order valence-electron chi connectivity index (χ3n) is 2.17. The molecule has 0 aliphatic rings. The van der Waals surface area contributed by atoms with E-state index in [1.54, 1.807) is 0 Å². The molecule has 0 N–H and O–H groups in total. The molecule has 0 bridgehead atoms. The molecule has 0 saturated heterocycles. The fourth-order valence-electron chi connectivity index (χ4n) is 1.31. The molecule has 0 heterocycles. The molecule has 0 fully saturated rings. The van der Waals surface area contributed by atoms with E-state index in [-0.39, 0.29) is 0 Å². The van der Waals surface area contributed by atoms with Crippen molar-refractivity contribution in [2.45, 2.75) is 32.6 Å². The lowest BCUT2D eigenvalue weighted by molar-refractivity contribution is 0.814. The van der Waals surface area contributed by atoms with Crippen LogP contribution >= 0.6 is 11.8 Å². The van der Waals surface area contributed by atoms with E-state index < -0.39 is 0 Å². The van der Waals surface area contributed by atoms with Crippen LogP contribution in [0.15, 0.2) is 40.1 Å². The Morgan fingerprint density at radius 3 is 2.43 bits per heavy atom. The van der Waals surface area contributed by atoms with Crippen LogP contribution in [0.3, 0.4) is 0 Å². The molecule has 0 nitrogen and oxygen atoms in total. The zero-order valence-electron chi connectivity index (χ0n) is 9.37. The fraction of sp³-hybridized carbons (Fsp3) is 0.385. The Bertz CT molecular complexity index is 324. The van der Waals surface area contributed by atoms with Gasteiger partial charge in [-0.1, -0.05) is 49.9 Å². The third kappa shape index (κ3) is 2.91. The first-order chi connectivity index (χ1) is 6.65. The van der Waals surface area contributed by atoms with Crippen LogP contribution in [-0.2, 0) is 0 Å². The average molecular weight is 206 g/mol. The monoisotopic (exact) mass is 206 g/mol. The standard InChI is InChI=1S/C13H18S/c1-5-12(10(2)3)14-13-9-7-6-8-11(13)4/h5-10H,1-4H3. The number of benzene rings is 1. The van der Waals surface area contributed by atoms with Crippen LogP contribution in [0.4, 0.5) is 0 Å². The molecular formula is C13H18S. The molecule has 0 atom stereocenters. The van der Waals surface area contributed by atoms with Crippen molar-refractivity contribution in [1.82, 2.24) is 0 Å². The Labute approximate surface area is 91.4 Å². The van der Waals surface area contributed by atoms with Crippen LogP contribution in [0.2, 0.25) is 0 Å². The number of allylic oxidation sites excluding steroid dienone is 2. The number of thioether (sulfide) groups is 1. The second-order valence-electron chi connectivity index (χ2n) is 3.71. The number of hydrogen-bond donors (Lipinski definition) is 0. The highest BCUT2D eigenvalue weighted by atomic mass is 32.2. The van der Waals surface area contributed by atoms with Crippen molar-refractivity contribution < 1.29 is 0 Å². The van der Waals surface area contributed by atoms with E-state index in [1.807, 2.05) is 11.8 Å². The first-order valence-corrected chi connectivity index (χ1v) is 5.86. The molecule has 14 heavy (non-hydrogen) atoms. The first kappa shape index (κ1) is 11.4. The summed E-state index contributed by atoms with van der Waals surface area (Å²) in [6.45, 7) is 8.75. The van der Waals surface area contributed by atoms with Gasteiger partial charge in [-0.05, 0) is 36.3 Å². The predicted molar refractivity (Wildman–Crippen MR) is 65.6 cm³/mol. The van der Waals surface area contributed by atoms with Crippen molar-refractivity contribution in [3.05, 3.63) is 40.8 Å². The molecule has 0 amide bonds. The van der Waals surface area contributed by atoms with Crippen molar-refractivity contribution >= 4 is 11.8 Å². The van der Waals surface area contributed by atoms with Gasteiger partial charge in [-0.3, -0.25) is 0 Å². The van der Waals surface area contributed by atoms with E-state index in [9.17, 15) is 0 Å². The smallest absolute Gasteiger partial charge is 0.0148 e. The Morgan fingerprint density at radius 1 is 1.29 bits per heavy atom. The Hall–Kier alpha value is -0.690. The van der Waals surface area contributed by atoms with Crippen LogP contribution in [0, 0.1) is 12.8 Å². The molecule has 1 aromatic carbocycles. The Balaban J connectivity index is 2.83. The minimum absolute atomic E-state index is 0.615. The summed E-state index contributed by atoms with van der Waals surface area (Å²) in [5.74, 6) is 0.615. The Morgan fingerprint density at radius 2 is 1.93 bits per heavy atom. The molecule has 0 aliphatic carbocycles.